The number of aromatic nitrogens is 2. The topological polar surface area (TPSA) is 123 Å². The van der Waals surface area contributed by atoms with Crippen molar-refractivity contribution in [1.82, 2.24) is 20.0 Å². The highest BCUT2D eigenvalue weighted by Crippen LogP contribution is 2.58. The first-order chi connectivity index (χ1) is 19.8. The van der Waals surface area contributed by atoms with E-state index in [1.54, 1.807) is 6.07 Å². The standard InChI is InChI=1S/C32H51ClN6O4/c1-27(2,3)42-25(40)38-29(7)11-13-31(38,18-21(34)17-29)15-16-32-14-12-30(8,39(32)26(41)43-28(4,5)6)19-22(20-32)35-24-10-9-23(33)36-37-24/h9-10,21-22H,11-20,34H2,1-8H3,(H,35,37)/t21-,22+,29-,30+,31-,32+/m0/s1. The summed E-state index contributed by atoms with van der Waals surface area (Å²) in [5.74, 6) is 0.665. The number of nitrogens with one attached hydrogen (secondary N) is 1. The molecule has 4 saturated heterocycles. The summed E-state index contributed by atoms with van der Waals surface area (Å²) in [4.78, 5) is 31.9. The predicted molar refractivity (Wildman–Crippen MR) is 167 cm³/mol. The highest BCUT2D eigenvalue weighted by molar-refractivity contribution is 6.29. The van der Waals surface area contributed by atoms with Crippen molar-refractivity contribution < 1.29 is 19.1 Å². The second-order valence-electron chi connectivity index (χ2n) is 16.2. The van der Waals surface area contributed by atoms with Gasteiger partial charge >= 0.3 is 12.2 Å². The van der Waals surface area contributed by atoms with Gasteiger partial charge in [-0.05, 0) is 132 Å². The summed E-state index contributed by atoms with van der Waals surface area (Å²) in [6.07, 6.45) is 7.41. The number of ether oxygens (including phenoxy) is 2. The van der Waals surface area contributed by atoms with Gasteiger partial charge in [-0.2, -0.15) is 0 Å². The second-order valence-corrected chi connectivity index (χ2v) is 16.6. The number of carbonyl (C=O) groups excluding carboxylic acids is 2. The highest BCUT2D eigenvalue weighted by atomic mass is 35.5. The molecule has 4 fully saturated rings. The van der Waals surface area contributed by atoms with Gasteiger partial charge in [-0.1, -0.05) is 11.6 Å². The minimum Gasteiger partial charge on any atom is -0.444 e. The Morgan fingerprint density at radius 2 is 1.37 bits per heavy atom. The van der Waals surface area contributed by atoms with Gasteiger partial charge in [-0.25, -0.2) is 9.59 Å². The number of fused-ring (bicyclic) bond motifs is 4. The molecule has 3 N–H and O–H groups in total. The molecule has 240 valence electrons. The van der Waals surface area contributed by atoms with Crippen molar-refractivity contribution in [3.05, 3.63) is 17.3 Å². The minimum absolute atomic E-state index is 0.00346. The third-order valence-electron chi connectivity index (χ3n) is 10.1. The quantitative estimate of drug-likeness (QED) is 0.375. The van der Waals surface area contributed by atoms with Gasteiger partial charge in [-0.3, -0.25) is 9.80 Å². The molecule has 0 unspecified atom stereocenters. The van der Waals surface area contributed by atoms with Crippen LogP contribution < -0.4 is 11.1 Å². The Morgan fingerprint density at radius 1 is 0.860 bits per heavy atom. The van der Waals surface area contributed by atoms with Crippen molar-refractivity contribution in [3.8, 4) is 0 Å². The van der Waals surface area contributed by atoms with Gasteiger partial charge < -0.3 is 20.5 Å². The fourth-order valence-corrected chi connectivity index (χ4v) is 8.95. The maximum absolute atomic E-state index is 14.0. The van der Waals surface area contributed by atoms with Crippen LogP contribution in [0.2, 0.25) is 5.15 Å². The fraction of sp³-hybridized carbons (Fsp3) is 0.812. The summed E-state index contributed by atoms with van der Waals surface area (Å²) < 4.78 is 12.0. The molecule has 4 aliphatic rings. The van der Waals surface area contributed by atoms with Crippen molar-refractivity contribution in [1.29, 1.82) is 0 Å². The minimum atomic E-state index is -0.613. The Morgan fingerprint density at radius 3 is 1.86 bits per heavy atom. The maximum atomic E-state index is 14.0. The molecule has 5 heterocycles. The molecular formula is C32H51ClN6O4. The zero-order chi connectivity index (χ0) is 31.6. The number of nitrogens with zero attached hydrogens (tertiary/aromatic N) is 4. The van der Waals surface area contributed by atoms with Crippen LogP contribution in [0.25, 0.3) is 0 Å². The van der Waals surface area contributed by atoms with Crippen molar-refractivity contribution in [2.24, 2.45) is 5.73 Å². The molecule has 1 aromatic heterocycles. The first-order valence-electron chi connectivity index (χ1n) is 15.9. The Bertz CT molecular complexity index is 1230. The van der Waals surface area contributed by atoms with Crippen molar-refractivity contribution in [3.63, 3.8) is 0 Å². The van der Waals surface area contributed by atoms with Crippen LogP contribution in [0.3, 0.4) is 0 Å². The van der Waals surface area contributed by atoms with Gasteiger partial charge in [0.15, 0.2) is 5.15 Å². The number of hydrogen-bond acceptors (Lipinski definition) is 8. The lowest BCUT2D eigenvalue weighted by Crippen LogP contribution is -2.66. The van der Waals surface area contributed by atoms with E-state index in [2.05, 4.69) is 34.3 Å². The van der Waals surface area contributed by atoms with E-state index in [0.717, 1.165) is 64.2 Å². The Balaban J connectivity index is 1.47. The molecule has 4 aliphatic heterocycles. The third kappa shape index (κ3) is 6.28. The van der Waals surface area contributed by atoms with Crippen molar-refractivity contribution in [2.45, 2.75) is 165 Å². The fourth-order valence-electron chi connectivity index (χ4n) is 8.85. The van der Waals surface area contributed by atoms with Gasteiger partial charge in [0.25, 0.3) is 0 Å². The van der Waals surface area contributed by atoms with E-state index in [1.807, 2.05) is 52.5 Å². The van der Waals surface area contributed by atoms with E-state index < -0.39 is 27.8 Å². The molecule has 10 nitrogen and oxygen atoms in total. The summed E-state index contributed by atoms with van der Waals surface area (Å²) in [6.45, 7) is 15.8. The van der Waals surface area contributed by atoms with Crippen LogP contribution in [-0.2, 0) is 9.47 Å². The molecule has 2 amide bonds. The van der Waals surface area contributed by atoms with Crippen LogP contribution in [0.5, 0.6) is 0 Å². The number of anilines is 1. The average molecular weight is 619 g/mol. The van der Waals surface area contributed by atoms with E-state index in [-0.39, 0.29) is 29.8 Å². The Kier molecular flexibility index (Phi) is 7.94. The van der Waals surface area contributed by atoms with Crippen LogP contribution in [0.4, 0.5) is 15.4 Å². The second kappa shape index (κ2) is 10.6. The number of amides is 2. The van der Waals surface area contributed by atoms with Gasteiger partial charge in [-0.15, -0.1) is 10.2 Å². The molecule has 0 aliphatic carbocycles. The van der Waals surface area contributed by atoms with E-state index in [1.165, 1.54) is 0 Å². The molecule has 6 atom stereocenters. The largest absolute Gasteiger partial charge is 0.444 e. The molecule has 0 spiro atoms. The number of hydrogen-bond donors (Lipinski definition) is 2. The highest BCUT2D eigenvalue weighted by Gasteiger charge is 2.64. The van der Waals surface area contributed by atoms with Crippen molar-refractivity contribution >= 4 is 29.6 Å². The smallest absolute Gasteiger partial charge is 0.411 e. The van der Waals surface area contributed by atoms with Crippen LogP contribution in [-0.4, -0.2) is 77.6 Å². The van der Waals surface area contributed by atoms with Crippen LogP contribution in [0.1, 0.15) is 120 Å². The van der Waals surface area contributed by atoms with Gasteiger partial charge in [0.2, 0.25) is 0 Å². The molecule has 0 radical (unpaired) electrons. The predicted octanol–water partition coefficient (Wildman–Crippen LogP) is 6.66. The van der Waals surface area contributed by atoms with E-state index >= 15 is 0 Å². The summed E-state index contributed by atoms with van der Waals surface area (Å²) in [5, 5.41) is 12.2. The summed E-state index contributed by atoms with van der Waals surface area (Å²) in [5.41, 5.74) is 3.85. The molecule has 1 aromatic rings. The first-order valence-corrected chi connectivity index (χ1v) is 16.2. The third-order valence-corrected chi connectivity index (χ3v) is 10.3. The van der Waals surface area contributed by atoms with Crippen LogP contribution in [0.15, 0.2) is 12.1 Å². The molecule has 5 rings (SSSR count). The van der Waals surface area contributed by atoms with E-state index in [0.29, 0.717) is 11.0 Å². The number of halogens is 1. The Hall–Kier alpha value is -2.33. The Labute approximate surface area is 261 Å². The van der Waals surface area contributed by atoms with Gasteiger partial charge in [0.05, 0.1) is 0 Å². The molecular weight excluding hydrogens is 568 g/mol. The SMILES string of the molecule is CC(C)(C)OC(=O)N1[C@@]2(C)CC[C@]1(CC[C@]13CC[C@](C)(C[C@@H](Nc4ccc(Cl)nn4)C1)N3C(=O)OC(C)(C)C)C[C@@H](N)C2. The maximum Gasteiger partial charge on any atom is 0.411 e. The van der Waals surface area contributed by atoms with Crippen LogP contribution in [0, 0.1) is 0 Å². The van der Waals surface area contributed by atoms with Crippen LogP contribution >= 0.6 is 11.6 Å². The van der Waals surface area contributed by atoms with Crippen molar-refractivity contribution in [2.75, 3.05) is 5.32 Å². The monoisotopic (exact) mass is 618 g/mol. The normalized spacial score (nSPS) is 35.6. The summed E-state index contributed by atoms with van der Waals surface area (Å²) in [7, 11) is 0. The molecule has 0 aromatic carbocycles. The number of carbonyl (C=O) groups is 2. The summed E-state index contributed by atoms with van der Waals surface area (Å²) in [6, 6.07) is 3.65. The lowest BCUT2D eigenvalue weighted by molar-refractivity contribution is -0.0610. The average Bonchev–Trinajstić information content (AvgIpc) is 3.16. The van der Waals surface area contributed by atoms with Gasteiger partial charge in [0, 0.05) is 34.2 Å². The van der Waals surface area contributed by atoms with E-state index in [4.69, 9.17) is 26.8 Å². The molecule has 0 saturated carbocycles. The zero-order valence-electron chi connectivity index (χ0n) is 27.3. The number of nitrogens with two attached hydrogens (primary N) is 1. The lowest BCUT2D eigenvalue weighted by atomic mass is 9.73. The number of rotatable bonds is 5. The first kappa shape index (κ1) is 32.1. The van der Waals surface area contributed by atoms with Gasteiger partial charge in [0.1, 0.15) is 17.0 Å². The lowest BCUT2D eigenvalue weighted by Gasteiger charge is -2.55. The number of piperidine rings is 2. The molecule has 11 heteroatoms. The summed E-state index contributed by atoms with van der Waals surface area (Å²) >= 11 is 5.99. The molecule has 4 bridgehead atoms. The zero-order valence-corrected chi connectivity index (χ0v) is 28.0. The van der Waals surface area contributed by atoms with E-state index in [9.17, 15) is 9.59 Å². The molecule has 43 heavy (non-hydrogen) atoms.